The van der Waals surface area contributed by atoms with Crippen molar-refractivity contribution in [3.05, 3.63) is 513 Å². The third kappa shape index (κ3) is 17.6. The standard InChI is InChI=1S/C40H34N2.C34H30N2.C26H23N.C25H22N2.CH4/c1-40(2)38-17-11-10-16-36(38)37-27-26-35(28-39(37)40)41(3)31-22-18-29(19-23-31)30-20-24-34(25-21-30)42(32-12-6-4-7-13-32)33-14-8-5-9-15-33;1-34(2)32-17-11-10-16-30(32)31-23-22-29(24-33(31)34)35(3)25-18-20-28(21-19-25)36(26-12-6-4-7-13-26)27-14-8-5-9-15-27;1-26(2)22-12-7-6-11-21(22)25-23(26)13-8-14-24(25)27(3)20-16-15-18-9-4-5-10-19(18)17-20;1-26(21-11-5-2-6-12-21)22-17-19-25(20-18-22)27(23-13-7-3-8-14-23)24-15-9-4-10-16-24;/h4-28H,1-3H3;4-24H,1-3H3;4-17H,1-3H3;2-20H,1H3;1H4. The molecule has 0 unspecified atom stereocenters. The Balaban J connectivity index is 0.000000120. The minimum atomic E-state index is -0.00457. The molecule has 3 aliphatic carbocycles. The van der Waals surface area contributed by atoms with Crippen LogP contribution in [0.5, 0.6) is 0 Å². The van der Waals surface area contributed by atoms with Crippen molar-refractivity contribution in [2.75, 3.05) is 62.5 Å². The van der Waals surface area contributed by atoms with Crippen LogP contribution >= 0.6 is 0 Å². The molecule has 22 rings (SSSR count). The van der Waals surface area contributed by atoms with E-state index in [4.69, 9.17) is 0 Å². The Morgan fingerprint density at radius 1 is 0.158 bits per heavy atom. The van der Waals surface area contributed by atoms with Crippen LogP contribution in [0.3, 0.4) is 0 Å². The first-order chi connectivity index (χ1) is 64.4. The second-order valence-corrected chi connectivity index (χ2v) is 35.9. The second kappa shape index (κ2) is 38.0. The Kier molecular flexibility index (Phi) is 25.1. The fourth-order valence-electron chi connectivity index (χ4n) is 19.6. The first-order valence-electron chi connectivity index (χ1n) is 45.8. The molecular formula is C126H113N7. The largest absolute Gasteiger partial charge is 0.345 e. The molecule has 0 N–H and O–H groups in total. The van der Waals surface area contributed by atoms with Gasteiger partial charge in [-0.15, -0.1) is 0 Å². The molecule has 3 aliphatic rings. The molecule has 7 nitrogen and oxygen atoms in total. The van der Waals surface area contributed by atoms with Gasteiger partial charge in [-0.05, 0) is 283 Å². The van der Waals surface area contributed by atoms with Gasteiger partial charge in [-0.3, -0.25) is 0 Å². The first-order valence-corrected chi connectivity index (χ1v) is 45.8. The highest BCUT2D eigenvalue weighted by Gasteiger charge is 2.39. The van der Waals surface area contributed by atoms with Crippen LogP contribution in [-0.2, 0) is 16.2 Å². The van der Waals surface area contributed by atoms with Crippen LogP contribution < -0.4 is 34.3 Å². The summed E-state index contributed by atoms with van der Waals surface area (Å²) in [7, 11) is 8.57. The predicted molar refractivity (Wildman–Crippen MR) is 570 cm³/mol. The van der Waals surface area contributed by atoms with Gasteiger partial charge in [0.25, 0.3) is 0 Å². The Labute approximate surface area is 787 Å². The molecule has 0 saturated carbocycles. The lowest BCUT2D eigenvalue weighted by Gasteiger charge is -2.27. The molecule has 0 saturated heterocycles. The van der Waals surface area contributed by atoms with Gasteiger partial charge in [0.2, 0.25) is 0 Å². The number of hydrogen-bond donors (Lipinski definition) is 0. The molecule has 0 bridgehead atoms. The molecule has 652 valence electrons. The summed E-state index contributed by atoms with van der Waals surface area (Å²) in [5.41, 5.74) is 38.8. The number of hydrogen-bond acceptors (Lipinski definition) is 7. The number of rotatable bonds is 18. The van der Waals surface area contributed by atoms with Crippen molar-refractivity contribution < 1.29 is 0 Å². The molecule has 0 aromatic heterocycles. The zero-order valence-electron chi connectivity index (χ0n) is 76.7. The maximum atomic E-state index is 2.37. The van der Waals surface area contributed by atoms with Crippen molar-refractivity contribution >= 4 is 107 Å². The minimum Gasteiger partial charge on any atom is -0.345 e. The molecule has 19 aromatic rings. The van der Waals surface area contributed by atoms with E-state index in [2.05, 4.69) is 565 Å². The lowest BCUT2D eigenvalue weighted by atomic mass is 9.82. The average Bonchev–Trinajstić information content (AvgIpc) is 1.58. The number of fused-ring (bicyclic) bond motifs is 10. The van der Waals surface area contributed by atoms with Crippen LogP contribution in [0.4, 0.5) is 96.7 Å². The van der Waals surface area contributed by atoms with Gasteiger partial charge in [0.1, 0.15) is 0 Å². The van der Waals surface area contributed by atoms with Crippen molar-refractivity contribution in [3.63, 3.8) is 0 Å². The predicted octanol–water partition coefficient (Wildman–Crippen LogP) is 34.6. The maximum Gasteiger partial charge on any atom is 0.0491 e. The van der Waals surface area contributed by atoms with E-state index in [1.807, 2.05) is 18.2 Å². The maximum absolute atomic E-state index is 2.37. The first kappa shape index (κ1) is 87.7. The smallest absolute Gasteiger partial charge is 0.0491 e. The van der Waals surface area contributed by atoms with E-state index >= 15 is 0 Å². The molecule has 133 heavy (non-hydrogen) atoms. The molecule has 0 atom stereocenters. The van der Waals surface area contributed by atoms with Gasteiger partial charge >= 0.3 is 0 Å². The SMILES string of the molecule is C.CN(c1ccc(-c2ccc(N(c3ccccc3)c3ccccc3)cc2)cc1)c1ccc2c(c1)C(C)(C)c1ccccc1-2.CN(c1ccc(N(c2ccccc2)c2ccccc2)cc1)c1ccc2c(c1)C(C)(C)c1ccccc1-2.CN(c1ccc2ccccc2c1)c1cccc2c1-c1ccccc1C2(C)C.CN(c1ccccc1)c1ccc(N(c2ccccc2)c2ccccc2)cc1. The van der Waals surface area contributed by atoms with Crippen molar-refractivity contribution in [1.82, 2.24) is 0 Å². The summed E-state index contributed by atoms with van der Waals surface area (Å²) in [6.07, 6.45) is 0. The van der Waals surface area contributed by atoms with Gasteiger partial charge in [0, 0.05) is 147 Å². The summed E-state index contributed by atoms with van der Waals surface area (Å²) in [4.78, 5) is 15.9. The molecule has 0 aliphatic heterocycles. The molecule has 0 amide bonds. The Morgan fingerprint density at radius 3 is 0.767 bits per heavy atom. The summed E-state index contributed by atoms with van der Waals surface area (Å²) < 4.78 is 0. The molecule has 0 fully saturated rings. The van der Waals surface area contributed by atoms with Crippen LogP contribution in [0.1, 0.15) is 82.3 Å². The van der Waals surface area contributed by atoms with E-state index in [1.54, 1.807) is 0 Å². The van der Waals surface area contributed by atoms with Gasteiger partial charge in [-0.2, -0.15) is 0 Å². The van der Waals surface area contributed by atoms with Crippen molar-refractivity contribution in [2.45, 2.75) is 65.2 Å². The summed E-state index contributed by atoms with van der Waals surface area (Å²) in [5.74, 6) is 0. The minimum absolute atomic E-state index is 0. The summed E-state index contributed by atoms with van der Waals surface area (Å²) in [6.45, 7) is 14.0. The number of anilines is 17. The third-order valence-corrected chi connectivity index (χ3v) is 26.9. The average molecular weight is 1730 g/mol. The fourth-order valence-corrected chi connectivity index (χ4v) is 19.6. The molecule has 0 heterocycles. The zero-order valence-corrected chi connectivity index (χ0v) is 76.7. The monoisotopic (exact) mass is 1720 g/mol. The van der Waals surface area contributed by atoms with E-state index in [0.29, 0.717) is 0 Å². The Bertz CT molecular complexity index is 7070. The number of nitrogens with zero attached hydrogens (tertiary/aromatic N) is 7. The number of benzene rings is 19. The lowest BCUT2D eigenvalue weighted by Crippen LogP contribution is -2.16. The quantitative estimate of drug-likeness (QED) is 0.0843. The molecular weight excluding hydrogens is 1610 g/mol. The van der Waals surface area contributed by atoms with Gasteiger partial charge in [-0.1, -0.05) is 328 Å². The Hall–Kier alpha value is -16.0. The van der Waals surface area contributed by atoms with Gasteiger partial charge in [0.15, 0.2) is 0 Å². The second-order valence-electron chi connectivity index (χ2n) is 35.9. The van der Waals surface area contributed by atoms with E-state index in [-0.39, 0.29) is 23.7 Å². The number of para-hydroxylation sites is 7. The van der Waals surface area contributed by atoms with Crippen LogP contribution in [-0.4, -0.2) is 28.2 Å². The van der Waals surface area contributed by atoms with Gasteiger partial charge in [0.05, 0.1) is 0 Å². The van der Waals surface area contributed by atoms with E-state index in [0.717, 1.165) is 62.6 Å². The lowest BCUT2D eigenvalue weighted by molar-refractivity contribution is 0.660. The molecule has 19 aromatic carbocycles. The van der Waals surface area contributed by atoms with Gasteiger partial charge < -0.3 is 34.3 Å². The molecule has 0 radical (unpaired) electrons. The van der Waals surface area contributed by atoms with Gasteiger partial charge in [-0.25, -0.2) is 0 Å². The summed E-state index contributed by atoms with van der Waals surface area (Å²) in [5, 5.41) is 2.55. The topological polar surface area (TPSA) is 22.7 Å². The van der Waals surface area contributed by atoms with Crippen LogP contribution in [0.15, 0.2) is 479 Å². The highest BCUT2D eigenvalue weighted by Crippen LogP contribution is 2.55. The highest BCUT2D eigenvalue weighted by molar-refractivity contribution is 5.95. The van der Waals surface area contributed by atoms with E-state index < -0.39 is 0 Å². The highest BCUT2D eigenvalue weighted by atomic mass is 15.2. The molecule has 0 spiro atoms. The van der Waals surface area contributed by atoms with E-state index in [9.17, 15) is 0 Å². The zero-order chi connectivity index (χ0) is 90.5. The van der Waals surface area contributed by atoms with Crippen molar-refractivity contribution in [2.24, 2.45) is 0 Å². The van der Waals surface area contributed by atoms with E-state index in [1.165, 1.54) is 123 Å². The summed E-state index contributed by atoms with van der Waals surface area (Å²) >= 11 is 0. The van der Waals surface area contributed by atoms with Crippen LogP contribution in [0.2, 0.25) is 0 Å². The third-order valence-electron chi connectivity index (χ3n) is 26.9. The molecule has 7 heteroatoms. The van der Waals surface area contributed by atoms with Crippen molar-refractivity contribution in [3.8, 4) is 44.5 Å². The van der Waals surface area contributed by atoms with Crippen molar-refractivity contribution in [1.29, 1.82) is 0 Å². The normalized spacial score (nSPS) is 12.6. The Morgan fingerprint density at radius 2 is 0.391 bits per heavy atom. The fraction of sp³-hybridized carbons (Fsp3) is 0.111. The van der Waals surface area contributed by atoms with Crippen LogP contribution in [0, 0.1) is 0 Å². The summed E-state index contributed by atoms with van der Waals surface area (Å²) in [6, 6.07) is 171. The van der Waals surface area contributed by atoms with Crippen LogP contribution in [0.25, 0.3) is 55.3 Å².